The molecule has 3 fully saturated rings. The fourth-order valence-corrected chi connectivity index (χ4v) is 5.03. The summed E-state index contributed by atoms with van der Waals surface area (Å²) >= 11 is 0. The molecule has 22 heavy (non-hydrogen) atoms. The Morgan fingerprint density at radius 1 is 0.909 bits per heavy atom. The summed E-state index contributed by atoms with van der Waals surface area (Å²) in [6.07, 6.45) is 12.2. The van der Waals surface area contributed by atoms with Crippen molar-refractivity contribution in [1.29, 1.82) is 0 Å². The number of amides is 2. The quantitative estimate of drug-likeness (QED) is 0.812. The molecule has 4 rings (SSSR count). The molecule has 2 saturated carbocycles. The summed E-state index contributed by atoms with van der Waals surface area (Å²) in [6, 6.07) is 0.346. The minimum atomic E-state index is -0.122. The van der Waals surface area contributed by atoms with Crippen LogP contribution in [0.15, 0.2) is 12.2 Å². The van der Waals surface area contributed by atoms with E-state index in [1.54, 1.807) is 0 Å². The number of allylic oxidation sites excluding steroid dienone is 2. The van der Waals surface area contributed by atoms with Gasteiger partial charge in [-0.05, 0) is 43.9 Å². The number of carbonyl (C=O) groups is 2. The first kappa shape index (κ1) is 14.3. The highest BCUT2D eigenvalue weighted by Gasteiger charge is 2.52. The Morgan fingerprint density at radius 3 is 2.23 bits per heavy atom. The summed E-state index contributed by atoms with van der Waals surface area (Å²) in [7, 11) is 0. The van der Waals surface area contributed by atoms with E-state index in [2.05, 4.69) is 17.5 Å². The highest BCUT2D eigenvalue weighted by molar-refractivity contribution is 5.90. The van der Waals surface area contributed by atoms with Crippen LogP contribution in [0.5, 0.6) is 0 Å². The molecule has 0 unspecified atom stereocenters. The molecule has 0 aromatic heterocycles. The van der Waals surface area contributed by atoms with Crippen molar-refractivity contribution in [2.45, 2.75) is 51.0 Å². The Bertz CT molecular complexity index is 489. The molecule has 0 aromatic rings. The maximum absolute atomic E-state index is 12.9. The van der Waals surface area contributed by atoms with Crippen LogP contribution in [0.1, 0.15) is 44.9 Å². The molecule has 4 aliphatic rings. The zero-order chi connectivity index (χ0) is 15.1. The maximum Gasteiger partial charge on any atom is 0.227 e. The van der Waals surface area contributed by atoms with E-state index in [9.17, 15) is 9.59 Å². The summed E-state index contributed by atoms with van der Waals surface area (Å²) in [4.78, 5) is 27.7. The lowest BCUT2D eigenvalue weighted by molar-refractivity contribution is -0.141. The van der Waals surface area contributed by atoms with E-state index >= 15 is 0 Å². The van der Waals surface area contributed by atoms with Crippen LogP contribution in [-0.2, 0) is 9.59 Å². The second-order valence-electron chi connectivity index (χ2n) is 7.52. The third-order valence-corrected chi connectivity index (χ3v) is 6.17. The average molecular weight is 302 g/mol. The van der Waals surface area contributed by atoms with Crippen molar-refractivity contribution in [3.05, 3.63) is 12.2 Å². The Hall–Kier alpha value is -1.32. The Kier molecular flexibility index (Phi) is 3.71. The van der Waals surface area contributed by atoms with Gasteiger partial charge < -0.3 is 10.2 Å². The van der Waals surface area contributed by atoms with Crippen molar-refractivity contribution in [2.75, 3.05) is 13.1 Å². The third-order valence-electron chi connectivity index (χ3n) is 6.17. The minimum Gasteiger partial charge on any atom is -0.353 e. The van der Waals surface area contributed by atoms with Crippen LogP contribution >= 0.6 is 0 Å². The number of nitrogens with one attached hydrogen (secondary N) is 1. The molecule has 1 aliphatic heterocycles. The number of carbonyl (C=O) groups excluding carboxylic acids is 2. The van der Waals surface area contributed by atoms with E-state index in [-0.39, 0.29) is 35.5 Å². The van der Waals surface area contributed by atoms with Gasteiger partial charge in [0.1, 0.15) is 0 Å². The van der Waals surface area contributed by atoms with Crippen molar-refractivity contribution in [1.82, 2.24) is 10.2 Å². The number of hydrogen-bond donors (Lipinski definition) is 1. The summed E-state index contributed by atoms with van der Waals surface area (Å²) in [5, 5.41) is 3.24. The second kappa shape index (κ2) is 5.71. The van der Waals surface area contributed by atoms with Crippen molar-refractivity contribution < 1.29 is 9.59 Å². The molecule has 3 aliphatic carbocycles. The van der Waals surface area contributed by atoms with Crippen molar-refractivity contribution in [2.24, 2.45) is 23.7 Å². The SMILES string of the molecule is O=C(NC1CCCC1)[C@H]1[C@@H](C(=O)N2CCCC2)[C@H]2C=C[C@@H]1C2. The van der Waals surface area contributed by atoms with Gasteiger partial charge in [0.15, 0.2) is 0 Å². The van der Waals surface area contributed by atoms with E-state index < -0.39 is 0 Å². The lowest BCUT2D eigenvalue weighted by atomic mass is 9.81. The standard InChI is InChI=1S/C18H26N2O2/c21-17(19-14-5-1-2-6-14)15-12-7-8-13(11-12)16(15)18(22)20-9-3-4-10-20/h7-8,12-16H,1-6,9-11H2,(H,19,21)/t12-,13+,15-,16+/m1/s1. The van der Waals surface area contributed by atoms with E-state index in [1.165, 1.54) is 12.8 Å². The number of hydrogen-bond acceptors (Lipinski definition) is 2. The molecule has 0 radical (unpaired) electrons. The van der Waals surface area contributed by atoms with Crippen molar-refractivity contribution in [3.63, 3.8) is 0 Å². The molecule has 2 amide bonds. The van der Waals surface area contributed by atoms with Crippen LogP contribution in [0.3, 0.4) is 0 Å². The minimum absolute atomic E-state index is 0.102. The number of nitrogens with zero attached hydrogens (tertiary/aromatic N) is 1. The maximum atomic E-state index is 12.9. The molecular weight excluding hydrogens is 276 g/mol. The summed E-state index contributed by atoms with van der Waals surface area (Å²) in [6.45, 7) is 1.76. The average Bonchev–Trinajstić information content (AvgIpc) is 3.27. The molecule has 0 aromatic carbocycles. The molecule has 4 heteroatoms. The van der Waals surface area contributed by atoms with Crippen LogP contribution in [0.25, 0.3) is 0 Å². The lowest BCUT2D eigenvalue weighted by Crippen LogP contribution is -2.46. The summed E-state index contributed by atoms with van der Waals surface area (Å²) in [5.41, 5.74) is 0. The van der Waals surface area contributed by atoms with Gasteiger partial charge in [-0.2, -0.15) is 0 Å². The predicted molar refractivity (Wildman–Crippen MR) is 83.9 cm³/mol. The van der Waals surface area contributed by atoms with Crippen LogP contribution in [0.2, 0.25) is 0 Å². The van der Waals surface area contributed by atoms with Crippen LogP contribution < -0.4 is 5.32 Å². The summed E-state index contributed by atoms with van der Waals surface area (Å²) < 4.78 is 0. The largest absolute Gasteiger partial charge is 0.353 e. The topological polar surface area (TPSA) is 49.4 Å². The van der Waals surface area contributed by atoms with Crippen LogP contribution in [0.4, 0.5) is 0 Å². The number of likely N-dealkylation sites (tertiary alicyclic amines) is 1. The molecule has 2 bridgehead atoms. The van der Waals surface area contributed by atoms with Gasteiger partial charge in [-0.3, -0.25) is 9.59 Å². The number of fused-ring (bicyclic) bond motifs is 2. The second-order valence-corrected chi connectivity index (χ2v) is 7.52. The first-order valence-electron chi connectivity index (χ1n) is 9.01. The zero-order valence-electron chi connectivity index (χ0n) is 13.2. The predicted octanol–water partition coefficient (Wildman–Crippen LogP) is 2.11. The van der Waals surface area contributed by atoms with E-state index in [4.69, 9.17) is 0 Å². The Labute approximate surface area is 132 Å². The van der Waals surface area contributed by atoms with Gasteiger partial charge in [0.2, 0.25) is 11.8 Å². The van der Waals surface area contributed by atoms with E-state index in [1.807, 2.05) is 4.90 Å². The van der Waals surface area contributed by atoms with Gasteiger partial charge in [-0.15, -0.1) is 0 Å². The first-order chi connectivity index (χ1) is 10.7. The number of rotatable bonds is 3. The smallest absolute Gasteiger partial charge is 0.227 e. The highest BCUT2D eigenvalue weighted by atomic mass is 16.2. The molecule has 4 nitrogen and oxygen atoms in total. The van der Waals surface area contributed by atoms with E-state index in [0.29, 0.717) is 6.04 Å². The molecule has 1 heterocycles. The van der Waals surface area contributed by atoms with Gasteiger partial charge in [0, 0.05) is 19.1 Å². The summed E-state index contributed by atoms with van der Waals surface area (Å²) in [5.74, 6) is 0.723. The van der Waals surface area contributed by atoms with Crippen LogP contribution in [-0.4, -0.2) is 35.8 Å². The molecule has 1 N–H and O–H groups in total. The Morgan fingerprint density at radius 2 is 1.55 bits per heavy atom. The third kappa shape index (κ3) is 2.37. The van der Waals surface area contributed by atoms with Gasteiger partial charge >= 0.3 is 0 Å². The van der Waals surface area contributed by atoms with Gasteiger partial charge in [-0.25, -0.2) is 0 Å². The molecular formula is C18H26N2O2. The zero-order valence-corrected chi connectivity index (χ0v) is 13.2. The molecule has 0 spiro atoms. The van der Waals surface area contributed by atoms with Gasteiger partial charge in [0.25, 0.3) is 0 Å². The highest BCUT2D eigenvalue weighted by Crippen LogP contribution is 2.49. The first-order valence-corrected chi connectivity index (χ1v) is 9.01. The fraction of sp³-hybridized carbons (Fsp3) is 0.778. The van der Waals surface area contributed by atoms with E-state index in [0.717, 1.165) is 45.2 Å². The molecule has 120 valence electrons. The Balaban J connectivity index is 1.49. The lowest BCUT2D eigenvalue weighted by Gasteiger charge is -2.30. The van der Waals surface area contributed by atoms with Crippen molar-refractivity contribution >= 4 is 11.8 Å². The van der Waals surface area contributed by atoms with Gasteiger partial charge in [-0.1, -0.05) is 25.0 Å². The monoisotopic (exact) mass is 302 g/mol. The normalized spacial score (nSPS) is 37.2. The van der Waals surface area contributed by atoms with Crippen molar-refractivity contribution in [3.8, 4) is 0 Å². The van der Waals surface area contributed by atoms with Crippen LogP contribution in [0, 0.1) is 23.7 Å². The van der Waals surface area contributed by atoms with Gasteiger partial charge in [0.05, 0.1) is 11.8 Å². The molecule has 4 atom stereocenters. The fourth-order valence-electron chi connectivity index (χ4n) is 5.03. The molecule has 1 saturated heterocycles.